The molecule has 2 N–H and O–H groups in total. The van der Waals surface area contributed by atoms with Crippen LogP contribution in [0.4, 0.5) is 0 Å². The molecule has 4 heteroatoms. The van der Waals surface area contributed by atoms with Crippen molar-refractivity contribution in [2.24, 2.45) is 23.7 Å². The molecular formula is C28H37N3O. The lowest BCUT2D eigenvalue weighted by atomic mass is 9.57. The lowest BCUT2D eigenvalue weighted by molar-refractivity contribution is -0.139. The largest absolute Gasteiger partial charge is 0.354 e. The van der Waals surface area contributed by atoms with Crippen molar-refractivity contribution < 1.29 is 4.79 Å². The number of hydrogen-bond donors (Lipinski definition) is 2. The number of benzene rings is 2. The lowest BCUT2D eigenvalue weighted by Gasteiger charge is -2.56. The van der Waals surface area contributed by atoms with Crippen LogP contribution in [-0.2, 0) is 17.8 Å². The van der Waals surface area contributed by atoms with Crippen molar-refractivity contribution in [1.82, 2.24) is 15.5 Å². The fraction of sp³-hybridized carbons (Fsp3) is 0.536. The lowest BCUT2D eigenvalue weighted by Crippen LogP contribution is -2.74. The summed E-state index contributed by atoms with van der Waals surface area (Å²) in [5.74, 6) is 2.46. The first-order chi connectivity index (χ1) is 15.6. The van der Waals surface area contributed by atoms with Crippen LogP contribution < -0.4 is 10.6 Å². The van der Waals surface area contributed by atoms with Crippen molar-refractivity contribution in [3.63, 3.8) is 0 Å². The molecule has 0 spiro atoms. The SMILES string of the molecule is CC(C)CC1C2C3CNC1(C(=O)NCCc1ccccc1)CC3CN2Cc1ccccc1. The zero-order chi connectivity index (χ0) is 22.1. The highest BCUT2D eigenvalue weighted by atomic mass is 16.2. The highest BCUT2D eigenvalue weighted by molar-refractivity contribution is 5.87. The third kappa shape index (κ3) is 3.99. The maximum absolute atomic E-state index is 13.7. The maximum Gasteiger partial charge on any atom is 0.240 e. The summed E-state index contributed by atoms with van der Waals surface area (Å²) < 4.78 is 0. The molecular weight excluding hydrogens is 394 g/mol. The summed E-state index contributed by atoms with van der Waals surface area (Å²) in [6.07, 6.45) is 2.96. The van der Waals surface area contributed by atoms with Crippen molar-refractivity contribution in [2.75, 3.05) is 19.6 Å². The molecule has 1 aliphatic carbocycles. The van der Waals surface area contributed by atoms with E-state index in [9.17, 15) is 4.79 Å². The van der Waals surface area contributed by atoms with Crippen LogP contribution in [0.1, 0.15) is 37.8 Å². The normalized spacial score (nSPS) is 31.2. The predicted octanol–water partition coefficient (Wildman–Crippen LogP) is 3.87. The van der Waals surface area contributed by atoms with E-state index in [-0.39, 0.29) is 5.91 Å². The number of rotatable bonds is 8. The smallest absolute Gasteiger partial charge is 0.240 e. The van der Waals surface area contributed by atoms with Gasteiger partial charge in [0.05, 0.1) is 0 Å². The molecule has 4 fully saturated rings. The molecule has 170 valence electrons. The van der Waals surface area contributed by atoms with E-state index >= 15 is 0 Å². The Labute approximate surface area is 192 Å². The van der Waals surface area contributed by atoms with Gasteiger partial charge in [-0.1, -0.05) is 74.5 Å². The Morgan fingerprint density at radius 3 is 2.47 bits per heavy atom. The van der Waals surface area contributed by atoms with Crippen molar-refractivity contribution in [1.29, 1.82) is 0 Å². The van der Waals surface area contributed by atoms with Crippen molar-refractivity contribution in [2.45, 2.75) is 51.2 Å². The first-order valence-corrected chi connectivity index (χ1v) is 12.4. The van der Waals surface area contributed by atoms with E-state index in [1.165, 1.54) is 11.1 Å². The first kappa shape index (κ1) is 21.7. The van der Waals surface area contributed by atoms with Gasteiger partial charge in [0.15, 0.2) is 0 Å². The van der Waals surface area contributed by atoms with E-state index < -0.39 is 5.54 Å². The molecule has 0 aromatic heterocycles. The van der Waals surface area contributed by atoms with Gasteiger partial charge in [-0.2, -0.15) is 0 Å². The Morgan fingerprint density at radius 1 is 1.09 bits per heavy atom. The number of carbonyl (C=O) groups is 1. The highest BCUT2D eigenvalue weighted by Gasteiger charge is 2.64. The molecule has 3 aliphatic heterocycles. The van der Waals surface area contributed by atoms with Gasteiger partial charge in [-0.05, 0) is 48.1 Å². The quantitative estimate of drug-likeness (QED) is 0.667. The number of amides is 1. The second kappa shape index (κ2) is 8.99. The maximum atomic E-state index is 13.7. The minimum Gasteiger partial charge on any atom is -0.354 e. The van der Waals surface area contributed by atoms with Crippen LogP contribution in [0.3, 0.4) is 0 Å². The summed E-state index contributed by atoms with van der Waals surface area (Å²) in [5, 5.41) is 7.12. The van der Waals surface area contributed by atoms with Crippen molar-refractivity contribution >= 4 is 5.91 Å². The van der Waals surface area contributed by atoms with Crippen LogP contribution in [0.2, 0.25) is 0 Å². The van der Waals surface area contributed by atoms with Gasteiger partial charge in [0, 0.05) is 38.1 Å². The molecule has 1 amide bonds. The summed E-state index contributed by atoms with van der Waals surface area (Å²) >= 11 is 0. The van der Waals surface area contributed by atoms with Crippen molar-refractivity contribution in [3.05, 3.63) is 71.8 Å². The summed E-state index contributed by atoms with van der Waals surface area (Å²) in [6.45, 7) is 8.40. The van der Waals surface area contributed by atoms with Gasteiger partial charge in [-0.15, -0.1) is 0 Å². The van der Waals surface area contributed by atoms with Gasteiger partial charge in [-0.3, -0.25) is 9.69 Å². The van der Waals surface area contributed by atoms with E-state index in [4.69, 9.17) is 0 Å². The van der Waals surface area contributed by atoms with Gasteiger partial charge < -0.3 is 10.6 Å². The standard InChI is InChI=1S/C28H37N3O/c1-20(2)15-25-26-24-17-30-28(25,27(32)29-14-13-21-9-5-3-6-10-21)16-23(24)19-31(26)18-22-11-7-4-8-12-22/h3-12,20,23-26,30H,13-19H2,1-2H3,(H,29,32). The monoisotopic (exact) mass is 431 g/mol. The molecule has 2 aromatic carbocycles. The van der Waals surface area contributed by atoms with E-state index in [0.29, 0.717) is 36.3 Å². The number of carbonyl (C=O) groups excluding carboxylic acids is 1. The predicted molar refractivity (Wildman–Crippen MR) is 129 cm³/mol. The molecule has 2 aromatic rings. The zero-order valence-corrected chi connectivity index (χ0v) is 19.5. The molecule has 5 unspecified atom stereocenters. The number of likely N-dealkylation sites (tertiary alicyclic amines) is 1. The summed E-state index contributed by atoms with van der Waals surface area (Å²) in [5.41, 5.74) is 2.24. The number of piperidine rings is 2. The van der Waals surface area contributed by atoms with Gasteiger partial charge in [0.1, 0.15) is 5.54 Å². The average molecular weight is 432 g/mol. The van der Waals surface area contributed by atoms with Crippen LogP contribution in [0.15, 0.2) is 60.7 Å². The summed E-state index contributed by atoms with van der Waals surface area (Å²) in [6, 6.07) is 21.8. The molecule has 3 saturated heterocycles. The fourth-order valence-electron chi connectivity index (χ4n) is 6.82. The van der Waals surface area contributed by atoms with Crippen molar-refractivity contribution in [3.8, 4) is 0 Å². The number of fused-ring (bicyclic) bond motifs is 1. The Hall–Kier alpha value is -2.17. The molecule has 4 aliphatic rings. The van der Waals surface area contributed by atoms with Gasteiger partial charge in [-0.25, -0.2) is 0 Å². The molecule has 1 saturated carbocycles. The Morgan fingerprint density at radius 2 is 1.78 bits per heavy atom. The summed E-state index contributed by atoms with van der Waals surface area (Å²) in [4.78, 5) is 16.5. The third-order valence-corrected chi connectivity index (χ3v) is 8.12. The average Bonchev–Trinajstić information content (AvgIpc) is 3.10. The van der Waals surface area contributed by atoms with Crippen LogP contribution >= 0.6 is 0 Å². The zero-order valence-electron chi connectivity index (χ0n) is 19.5. The molecule has 3 heterocycles. The van der Waals surface area contributed by atoms with Crippen LogP contribution in [-0.4, -0.2) is 42.0 Å². The molecule has 4 nitrogen and oxygen atoms in total. The first-order valence-electron chi connectivity index (χ1n) is 12.4. The van der Waals surface area contributed by atoms with Crippen LogP contribution in [0.5, 0.6) is 0 Å². The Kier molecular flexibility index (Phi) is 6.09. The minimum atomic E-state index is -0.420. The second-order valence-corrected chi connectivity index (χ2v) is 10.6. The number of nitrogens with one attached hydrogen (secondary N) is 2. The molecule has 5 atom stereocenters. The van der Waals surface area contributed by atoms with Gasteiger partial charge >= 0.3 is 0 Å². The van der Waals surface area contributed by atoms with Crippen LogP contribution in [0, 0.1) is 23.7 Å². The minimum absolute atomic E-state index is 0.230. The molecule has 0 radical (unpaired) electrons. The van der Waals surface area contributed by atoms with E-state index in [1.807, 2.05) is 6.07 Å². The number of nitrogens with zero attached hydrogens (tertiary/aromatic N) is 1. The van der Waals surface area contributed by atoms with E-state index in [0.717, 1.165) is 38.9 Å². The third-order valence-electron chi connectivity index (χ3n) is 8.12. The highest BCUT2D eigenvalue weighted by Crippen LogP contribution is 2.53. The molecule has 32 heavy (non-hydrogen) atoms. The second-order valence-electron chi connectivity index (χ2n) is 10.6. The Balaban J connectivity index is 1.35. The molecule has 4 bridgehead atoms. The Bertz CT molecular complexity index is 915. The molecule has 6 rings (SSSR count). The van der Waals surface area contributed by atoms with E-state index in [1.54, 1.807) is 0 Å². The number of hydrogen-bond acceptors (Lipinski definition) is 3. The van der Waals surface area contributed by atoms with E-state index in [2.05, 4.69) is 84.0 Å². The summed E-state index contributed by atoms with van der Waals surface area (Å²) in [7, 11) is 0. The van der Waals surface area contributed by atoms with Gasteiger partial charge in [0.25, 0.3) is 0 Å². The van der Waals surface area contributed by atoms with Gasteiger partial charge in [0.2, 0.25) is 5.91 Å². The van der Waals surface area contributed by atoms with Crippen LogP contribution in [0.25, 0.3) is 0 Å². The fourth-order valence-corrected chi connectivity index (χ4v) is 6.82. The topological polar surface area (TPSA) is 44.4 Å².